The molecule has 0 heterocycles. The smallest absolute Gasteiger partial charge is 0.461 e. The van der Waals surface area contributed by atoms with Crippen molar-refractivity contribution in [2.24, 2.45) is 17.3 Å². The summed E-state index contributed by atoms with van der Waals surface area (Å²) in [5.74, 6) is 0.629. The van der Waals surface area contributed by atoms with Crippen molar-refractivity contribution in [3.63, 3.8) is 0 Å². The van der Waals surface area contributed by atoms with Crippen LogP contribution in [0.2, 0.25) is 5.02 Å². The number of hydrogen-bond acceptors (Lipinski definition) is 5. The van der Waals surface area contributed by atoms with Crippen LogP contribution in [0.25, 0.3) is 0 Å². The summed E-state index contributed by atoms with van der Waals surface area (Å²) in [6.07, 6.45) is 0.696. The highest BCUT2D eigenvalue weighted by molar-refractivity contribution is 6.30. The van der Waals surface area contributed by atoms with Crippen molar-refractivity contribution >= 4 is 23.7 Å². The van der Waals surface area contributed by atoms with Gasteiger partial charge < -0.3 is 14.2 Å². The molecule has 0 aliphatic heterocycles. The molecule has 0 bridgehead atoms. The fourth-order valence-corrected chi connectivity index (χ4v) is 3.93. The molecule has 0 saturated heterocycles. The van der Waals surface area contributed by atoms with E-state index in [2.05, 4.69) is 27.7 Å². The zero-order valence-corrected chi connectivity index (χ0v) is 19.4. The number of ether oxygens (including phenoxy) is 3. The first kappa shape index (κ1) is 24.7. The van der Waals surface area contributed by atoms with Crippen LogP contribution in [0.15, 0.2) is 54.6 Å². The van der Waals surface area contributed by atoms with Crippen LogP contribution in [0.4, 0.5) is 4.79 Å². The molecule has 2 aromatic rings. The van der Waals surface area contributed by atoms with Crippen LogP contribution in [0, 0.1) is 17.3 Å². The van der Waals surface area contributed by atoms with Crippen LogP contribution in [0.1, 0.15) is 50.9 Å². The summed E-state index contributed by atoms with van der Waals surface area (Å²) in [4.78, 5) is 24.8. The first-order chi connectivity index (χ1) is 14.7. The maximum Gasteiger partial charge on any atom is 0.513 e. The second-order valence-corrected chi connectivity index (χ2v) is 9.17. The molecule has 2 rings (SSSR count). The third-order valence-corrected chi connectivity index (χ3v) is 4.96. The maximum atomic E-state index is 12.6. The Morgan fingerprint density at radius 3 is 1.94 bits per heavy atom. The molecule has 31 heavy (non-hydrogen) atoms. The summed E-state index contributed by atoms with van der Waals surface area (Å²) in [6, 6.07) is 15.3. The lowest BCUT2D eigenvalue weighted by atomic mass is 9.75. The van der Waals surface area contributed by atoms with Crippen LogP contribution in [0.3, 0.4) is 0 Å². The molecule has 168 valence electrons. The molecule has 0 aliphatic rings. The molecule has 0 atom stereocenters. The minimum absolute atomic E-state index is 0.100. The molecule has 0 saturated carbocycles. The summed E-state index contributed by atoms with van der Waals surface area (Å²) in [5, 5.41) is 0.552. The third kappa shape index (κ3) is 8.62. The topological polar surface area (TPSA) is 61.8 Å². The summed E-state index contributed by atoms with van der Waals surface area (Å²) in [5.41, 5.74) is -0.0862. The molecule has 6 heteroatoms. The Kier molecular flexibility index (Phi) is 9.38. The molecule has 0 aromatic heterocycles. The van der Waals surface area contributed by atoms with E-state index < -0.39 is 17.5 Å². The number of esters is 1. The van der Waals surface area contributed by atoms with Crippen molar-refractivity contribution in [2.45, 2.75) is 40.5 Å². The summed E-state index contributed by atoms with van der Waals surface area (Å²) >= 11 is 5.90. The number of carbonyl (C=O) groups excluding carboxylic acids is 2. The highest BCUT2D eigenvalue weighted by atomic mass is 35.5. The van der Waals surface area contributed by atoms with Crippen LogP contribution >= 0.6 is 11.6 Å². The number of benzene rings is 2. The van der Waals surface area contributed by atoms with E-state index in [1.165, 1.54) is 0 Å². The highest BCUT2D eigenvalue weighted by Gasteiger charge is 2.36. The monoisotopic (exact) mass is 446 g/mol. The fourth-order valence-electron chi connectivity index (χ4n) is 3.81. The Bertz CT molecular complexity index is 821. The van der Waals surface area contributed by atoms with E-state index in [0.717, 1.165) is 12.8 Å². The predicted molar refractivity (Wildman–Crippen MR) is 121 cm³/mol. The summed E-state index contributed by atoms with van der Waals surface area (Å²) in [6.45, 7) is 8.62. The largest absolute Gasteiger partial charge is 0.513 e. The van der Waals surface area contributed by atoms with Crippen molar-refractivity contribution in [1.82, 2.24) is 0 Å². The zero-order chi connectivity index (χ0) is 22.9. The normalized spacial score (nSPS) is 11.5. The average Bonchev–Trinajstić information content (AvgIpc) is 2.71. The Labute approximate surface area is 189 Å². The Hall–Kier alpha value is -2.53. The zero-order valence-electron chi connectivity index (χ0n) is 18.6. The van der Waals surface area contributed by atoms with Gasteiger partial charge in [0.1, 0.15) is 19.0 Å². The minimum atomic E-state index is -0.771. The fraction of sp³-hybridized carbons (Fsp3) is 0.440. The van der Waals surface area contributed by atoms with E-state index in [1.807, 2.05) is 6.07 Å². The Morgan fingerprint density at radius 2 is 1.39 bits per heavy atom. The van der Waals surface area contributed by atoms with Gasteiger partial charge in [-0.3, -0.25) is 0 Å². The first-order valence-electron chi connectivity index (χ1n) is 10.5. The van der Waals surface area contributed by atoms with Gasteiger partial charge in [0, 0.05) is 10.4 Å². The van der Waals surface area contributed by atoms with Crippen molar-refractivity contribution in [2.75, 3.05) is 13.2 Å². The molecule has 0 spiro atoms. The molecule has 0 N–H and O–H groups in total. The van der Waals surface area contributed by atoms with E-state index in [4.69, 9.17) is 25.8 Å². The quantitative estimate of drug-likeness (QED) is 0.297. The second-order valence-electron chi connectivity index (χ2n) is 8.73. The van der Waals surface area contributed by atoms with Gasteiger partial charge in [-0.15, -0.1) is 0 Å². The summed E-state index contributed by atoms with van der Waals surface area (Å²) in [7, 11) is 0. The highest BCUT2D eigenvalue weighted by Crippen LogP contribution is 2.35. The molecule has 0 amide bonds. The van der Waals surface area contributed by atoms with Crippen molar-refractivity contribution in [1.29, 1.82) is 0 Å². The minimum Gasteiger partial charge on any atom is -0.461 e. The van der Waals surface area contributed by atoms with Gasteiger partial charge in [0.15, 0.2) is 0 Å². The molecular weight excluding hydrogens is 416 g/mol. The van der Waals surface area contributed by atoms with Gasteiger partial charge in [0.25, 0.3) is 0 Å². The standard InChI is InChI=1S/C25H31ClO5/c1-18(2)14-25(15-19(3)4,16-29-23(27)20-10-12-21(26)13-11-20)17-30-24(28)31-22-8-6-5-7-9-22/h5-13,18-19H,14-17H2,1-4H3. The van der Waals surface area contributed by atoms with E-state index in [1.54, 1.807) is 48.5 Å². The predicted octanol–water partition coefficient (Wildman–Crippen LogP) is 6.79. The lowest BCUT2D eigenvalue weighted by molar-refractivity contribution is -0.0206. The number of halogens is 1. The van der Waals surface area contributed by atoms with Crippen molar-refractivity contribution in [3.05, 3.63) is 65.2 Å². The van der Waals surface area contributed by atoms with E-state index >= 15 is 0 Å². The summed E-state index contributed by atoms with van der Waals surface area (Å²) < 4.78 is 16.4. The molecule has 0 radical (unpaired) electrons. The van der Waals surface area contributed by atoms with Crippen molar-refractivity contribution in [3.8, 4) is 5.75 Å². The van der Waals surface area contributed by atoms with E-state index in [-0.39, 0.29) is 13.2 Å². The molecule has 2 aromatic carbocycles. The van der Waals surface area contributed by atoms with Gasteiger partial charge in [-0.05, 0) is 61.1 Å². The Balaban J connectivity index is 2.09. The molecule has 0 aliphatic carbocycles. The number of para-hydroxylation sites is 1. The van der Waals surface area contributed by atoms with Gasteiger partial charge in [-0.1, -0.05) is 57.5 Å². The van der Waals surface area contributed by atoms with Gasteiger partial charge in [0.2, 0.25) is 0 Å². The SMILES string of the molecule is CC(C)CC(COC(=O)Oc1ccccc1)(COC(=O)c1ccc(Cl)cc1)CC(C)C. The van der Waals surface area contributed by atoms with Gasteiger partial charge in [-0.2, -0.15) is 0 Å². The molecule has 5 nitrogen and oxygen atoms in total. The number of hydrogen-bond donors (Lipinski definition) is 0. The van der Waals surface area contributed by atoms with Gasteiger partial charge in [-0.25, -0.2) is 9.59 Å². The first-order valence-corrected chi connectivity index (χ1v) is 10.9. The lowest BCUT2D eigenvalue weighted by Gasteiger charge is -2.35. The van der Waals surface area contributed by atoms with Crippen LogP contribution < -0.4 is 4.74 Å². The second kappa shape index (κ2) is 11.8. The van der Waals surface area contributed by atoms with Crippen LogP contribution in [0.5, 0.6) is 5.75 Å². The average molecular weight is 447 g/mol. The van der Waals surface area contributed by atoms with E-state index in [9.17, 15) is 9.59 Å². The lowest BCUT2D eigenvalue weighted by Crippen LogP contribution is -2.37. The molecule has 0 fully saturated rings. The number of rotatable bonds is 10. The number of carbonyl (C=O) groups is 2. The van der Waals surface area contributed by atoms with Gasteiger partial charge in [0.05, 0.1) is 5.56 Å². The van der Waals surface area contributed by atoms with Crippen LogP contribution in [-0.4, -0.2) is 25.3 Å². The Morgan fingerprint density at radius 1 is 0.839 bits per heavy atom. The molecular formula is C25H31ClO5. The maximum absolute atomic E-state index is 12.6. The van der Waals surface area contributed by atoms with Crippen molar-refractivity contribution < 1.29 is 23.8 Å². The van der Waals surface area contributed by atoms with Crippen LogP contribution in [-0.2, 0) is 9.47 Å². The molecule has 0 unspecified atom stereocenters. The van der Waals surface area contributed by atoms with Gasteiger partial charge >= 0.3 is 12.1 Å². The van der Waals surface area contributed by atoms with E-state index in [0.29, 0.717) is 28.2 Å². The third-order valence-electron chi connectivity index (χ3n) is 4.71.